The van der Waals surface area contributed by atoms with Crippen LogP contribution in [0.1, 0.15) is 69.2 Å². The minimum atomic E-state index is -3.47. The molecule has 0 saturated heterocycles. The van der Waals surface area contributed by atoms with E-state index in [1.165, 1.54) is 0 Å². The van der Waals surface area contributed by atoms with Crippen molar-refractivity contribution < 1.29 is 51.1 Å². The van der Waals surface area contributed by atoms with E-state index in [1.54, 1.807) is 0 Å². The molecule has 0 aliphatic carbocycles. The largest absolute Gasteiger partial charge is 0.414 e. The molecule has 2 rings (SSSR count). The molecule has 2 aromatic carbocycles. The Hall–Kier alpha value is -1.30. The summed E-state index contributed by atoms with van der Waals surface area (Å²) in [6.07, 6.45) is 3.14. The van der Waals surface area contributed by atoms with Crippen molar-refractivity contribution in [2.24, 2.45) is 5.92 Å². The second-order valence-electron chi connectivity index (χ2n) is 17.9. The highest BCUT2D eigenvalue weighted by molar-refractivity contribution is 7.86. The first-order chi connectivity index (χ1) is 25.5. The minimum absolute atomic E-state index is 0.0172. The summed E-state index contributed by atoms with van der Waals surface area (Å²) in [7, 11) is -16.4. The van der Waals surface area contributed by atoms with Crippen molar-refractivity contribution in [3.63, 3.8) is 0 Å². The summed E-state index contributed by atoms with van der Waals surface area (Å²) in [5.74, 6) is 0.528. The Balaban J connectivity index is 0.000000866. The predicted molar refractivity (Wildman–Crippen MR) is 241 cm³/mol. The number of benzene rings is 2. The number of rotatable bonds is 19. The first kappa shape index (κ1) is 55.7. The molecule has 0 atom stereocenters. The van der Waals surface area contributed by atoms with E-state index < -0.39 is 55.3 Å². The molecular weight excluding hydrogens is 841 g/mol. The Morgan fingerprint density at radius 1 is 0.474 bits per heavy atom. The lowest BCUT2D eigenvalue weighted by atomic mass is 9.99. The third kappa shape index (κ3) is 20.2. The second-order valence-corrected chi connectivity index (χ2v) is 36.6. The van der Waals surface area contributed by atoms with Gasteiger partial charge in [0.2, 0.25) is 0 Å². The molecule has 0 radical (unpaired) electrons. The minimum Gasteiger partial charge on any atom is -0.414 e. The zero-order valence-electron chi connectivity index (χ0n) is 37.7. The highest BCUT2D eigenvalue weighted by atomic mass is 32.2. The fourth-order valence-electron chi connectivity index (χ4n) is 5.20. The van der Waals surface area contributed by atoms with E-state index in [9.17, 15) is 25.3 Å². The van der Waals surface area contributed by atoms with Gasteiger partial charge in [0.25, 0.3) is 38.7 Å². The van der Waals surface area contributed by atoms with Crippen LogP contribution in [0.5, 0.6) is 0 Å². The van der Waals surface area contributed by atoms with E-state index in [0.29, 0.717) is 19.1 Å². The summed E-state index contributed by atoms with van der Waals surface area (Å²) in [5.41, 5.74) is 0. The molecule has 0 aliphatic rings. The van der Waals surface area contributed by atoms with Crippen LogP contribution in [0.2, 0.25) is 41.3 Å². The van der Waals surface area contributed by atoms with Gasteiger partial charge < -0.3 is 13.3 Å². The highest BCUT2D eigenvalue weighted by Crippen LogP contribution is 2.44. The van der Waals surface area contributed by atoms with Gasteiger partial charge in [0, 0.05) is 0 Å². The third-order valence-electron chi connectivity index (χ3n) is 10.6. The highest BCUT2D eigenvalue weighted by Gasteiger charge is 2.50. The van der Waals surface area contributed by atoms with Crippen LogP contribution in [0, 0.1) is 5.92 Å². The lowest BCUT2D eigenvalue weighted by Gasteiger charge is -2.43. The van der Waals surface area contributed by atoms with Gasteiger partial charge in [0.05, 0.1) is 58.4 Å². The van der Waals surface area contributed by atoms with Crippen LogP contribution >= 0.6 is 0 Å². The zero-order chi connectivity index (χ0) is 44.8. The van der Waals surface area contributed by atoms with E-state index in [4.69, 9.17) is 17.5 Å². The molecule has 57 heavy (non-hydrogen) atoms. The van der Waals surface area contributed by atoms with Crippen molar-refractivity contribution in [3.8, 4) is 0 Å². The van der Waals surface area contributed by atoms with E-state index in [-0.39, 0.29) is 41.5 Å². The van der Waals surface area contributed by atoms with Crippen molar-refractivity contribution in [1.82, 2.24) is 0 Å². The van der Waals surface area contributed by atoms with E-state index in [1.807, 2.05) is 36.4 Å². The van der Waals surface area contributed by atoms with Crippen LogP contribution in [-0.2, 0) is 56.2 Å². The maximum Gasteiger partial charge on any atom is 0.264 e. The van der Waals surface area contributed by atoms with E-state index in [0.717, 1.165) is 29.1 Å². The molecule has 0 fully saturated rings. The lowest BCUT2D eigenvalue weighted by Crippen LogP contribution is -2.66. The molecule has 0 unspecified atom stereocenters. The monoisotopic (exact) mass is 914 g/mol. The van der Waals surface area contributed by atoms with Gasteiger partial charge in [-0.1, -0.05) is 130 Å². The summed E-state index contributed by atoms with van der Waals surface area (Å²) in [6.45, 7) is 31.4. The molecule has 12 nitrogen and oxygen atoms in total. The maximum atomic E-state index is 11.2. The van der Waals surface area contributed by atoms with Gasteiger partial charge in [0.15, 0.2) is 16.6 Å². The Morgan fingerprint density at radius 3 is 1.04 bits per heavy atom. The predicted octanol–water partition coefficient (Wildman–Crippen LogP) is 7.14. The van der Waals surface area contributed by atoms with Crippen molar-refractivity contribution in [2.45, 2.75) is 111 Å². The van der Waals surface area contributed by atoms with Crippen LogP contribution in [0.25, 0.3) is 0 Å². The normalized spacial score (nSPS) is 13.7. The molecule has 0 amide bonds. The molecule has 18 heteroatoms. The van der Waals surface area contributed by atoms with Crippen LogP contribution in [0.15, 0.2) is 60.7 Å². The first-order valence-electron chi connectivity index (χ1n) is 19.1. The zero-order valence-corrected chi connectivity index (χ0v) is 43.2. The molecule has 0 N–H and O–H groups in total. The van der Waals surface area contributed by atoms with Crippen LogP contribution in [0.3, 0.4) is 0 Å². The van der Waals surface area contributed by atoms with Gasteiger partial charge in [-0.3, -0.25) is 12.5 Å². The molecule has 0 aliphatic heterocycles. The summed E-state index contributed by atoms with van der Waals surface area (Å²) in [4.78, 5) is 0. The smallest absolute Gasteiger partial charge is 0.264 e. The van der Waals surface area contributed by atoms with Gasteiger partial charge in [-0.25, -0.2) is 0 Å². The molecule has 0 spiro atoms. The first-order valence-corrected chi connectivity index (χ1v) is 32.3. The number of hydrogen-bond acceptors (Lipinski definition) is 12. The molecule has 332 valence electrons. The van der Waals surface area contributed by atoms with Gasteiger partial charge in [-0.15, -0.1) is 0 Å². The average molecular weight is 915 g/mol. The third-order valence-corrected chi connectivity index (χ3v) is 26.6. The van der Waals surface area contributed by atoms with Crippen LogP contribution in [-0.4, -0.2) is 109 Å². The summed E-state index contributed by atoms with van der Waals surface area (Å²) >= 11 is 0. The van der Waals surface area contributed by atoms with Crippen LogP contribution in [0.4, 0.5) is 0 Å². The maximum absolute atomic E-state index is 11.2. The van der Waals surface area contributed by atoms with Crippen molar-refractivity contribution in [2.75, 3.05) is 58.4 Å². The van der Waals surface area contributed by atoms with Gasteiger partial charge in [0.1, 0.15) is 0 Å². The molecule has 0 aromatic heterocycles. The summed E-state index contributed by atoms with van der Waals surface area (Å²) < 4.78 is 97.7. The Morgan fingerprint density at radius 2 is 0.772 bits per heavy atom. The molecule has 0 heterocycles. The van der Waals surface area contributed by atoms with E-state index >= 15 is 0 Å². The summed E-state index contributed by atoms with van der Waals surface area (Å²) in [6, 6.07) is 20.4. The molecule has 0 bridgehead atoms. The van der Waals surface area contributed by atoms with Crippen molar-refractivity contribution >= 4 is 65.7 Å². The van der Waals surface area contributed by atoms with Gasteiger partial charge in [-0.05, 0) is 57.6 Å². The summed E-state index contributed by atoms with van der Waals surface area (Å²) in [5, 5.41) is 2.46. The quantitative estimate of drug-likeness (QED) is 0.0798. The van der Waals surface area contributed by atoms with Crippen molar-refractivity contribution in [1.29, 1.82) is 0 Å². The molecule has 2 aromatic rings. The Labute approximate surface area is 350 Å². The van der Waals surface area contributed by atoms with Gasteiger partial charge >= 0.3 is 0 Å². The van der Waals surface area contributed by atoms with Gasteiger partial charge in [-0.2, -0.15) is 25.3 Å². The van der Waals surface area contributed by atoms with Crippen LogP contribution < -0.4 is 10.4 Å². The Bertz CT molecular complexity index is 1750. The Kier molecular flexibility index (Phi) is 22.0. The molecule has 0 saturated carbocycles. The van der Waals surface area contributed by atoms with Crippen molar-refractivity contribution in [3.05, 3.63) is 60.7 Å². The topological polar surface area (TPSA) is 158 Å². The standard InChI is InChI=1S/C19H26O4SSi.C11H26O4SSi.C9H22O4SSi/c1-19(2,3)25(17-11-7-5-8-12-17,18-13-9-6-10-14-18)23-16-15-22-24(4,20)21;1-10(2)11(3,4)17(6,7)15-9-8-14-16(5,12)13;1-9(2,3)15(5,6)13-8-7-12-14(4,10)11/h5-14H,15-16H2,1-4H3;10H,8-9H2,1-7H3;7-8H2,1-6H3. The SMILES string of the molecule is CC(C)(C)[Si](C)(C)OCCOS(C)(=O)=O.CC(C)(C)[Si](OCCOS(C)(=O)=O)(c1ccccc1)c1ccccc1.CC(C)C(C)(C)[Si](C)(C)OCCOS(C)(=O)=O. The lowest BCUT2D eigenvalue weighted by molar-refractivity contribution is 0.201. The fraction of sp³-hybridized carbons (Fsp3) is 0.692. The second kappa shape index (κ2) is 22.5. The molecular formula is C39H74O12S3Si3. The fourth-order valence-corrected chi connectivity index (χ4v) is 14.2. The average Bonchev–Trinajstić information content (AvgIpc) is 3.04. The number of hydrogen-bond donors (Lipinski definition) is 0. The van der Waals surface area contributed by atoms with E-state index in [2.05, 4.69) is 128 Å².